The van der Waals surface area contributed by atoms with E-state index in [1.807, 2.05) is 18.9 Å². The van der Waals surface area contributed by atoms with Crippen LogP contribution >= 0.6 is 0 Å². The van der Waals surface area contributed by atoms with Gasteiger partial charge in [0.05, 0.1) is 23.9 Å². The summed E-state index contributed by atoms with van der Waals surface area (Å²) in [6.07, 6.45) is 3.95. The number of hydrogen-bond donors (Lipinski definition) is 1. The molecule has 0 amide bonds. The van der Waals surface area contributed by atoms with Gasteiger partial charge in [-0.2, -0.15) is 0 Å². The Labute approximate surface area is 274 Å². The van der Waals surface area contributed by atoms with Gasteiger partial charge in [0.15, 0.2) is 24.0 Å². The first-order valence-corrected chi connectivity index (χ1v) is 16.2. The minimum Gasteiger partial charge on any atom is -0.458 e. The molecule has 0 saturated carbocycles. The molecule has 0 unspecified atom stereocenters. The van der Waals surface area contributed by atoms with Crippen LogP contribution in [0.15, 0.2) is 11.6 Å². The lowest BCUT2D eigenvalue weighted by Crippen LogP contribution is -2.60. The van der Waals surface area contributed by atoms with Gasteiger partial charge in [0.2, 0.25) is 0 Å². The number of likely N-dealkylation sites (N-methyl/N-ethyl adjacent to an activating group) is 1. The Kier molecular flexibility index (Phi) is 14.2. The van der Waals surface area contributed by atoms with Crippen molar-refractivity contribution in [2.45, 2.75) is 136 Å². The summed E-state index contributed by atoms with van der Waals surface area (Å²) in [6, 6.07) is -0.315. The third-order valence-electron chi connectivity index (χ3n) is 9.43. The lowest BCUT2D eigenvalue weighted by atomic mass is 9.77. The summed E-state index contributed by atoms with van der Waals surface area (Å²) in [7, 11) is 3.35. The fourth-order valence-corrected chi connectivity index (χ4v) is 6.75. The van der Waals surface area contributed by atoms with Crippen molar-refractivity contribution in [1.29, 1.82) is 0 Å². The molecule has 1 fully saturated rings. The van der Waals surface area contributed by atoms with Crippen molar-refractivity contribution in [3.8, 4) is 12.3 Å². The molecular weight excluding hydrogens is 594 g/mol. The second kappa shape index (κ2) is 16.5. The maximum Gasteiger partial charge on any atom is 0.316 e. The third-order valence-corrected chi connectivity index (χ3v) is 9.43. The van der Waals surface area contributed by atoms with Crippen molar-refractivity contribution < 1.29 is 48.0 Å². The topological polar surface area (TPSA) is 138 Å². The summed E-state index contributed by atoms with van der Waals surface area (Å²) in [5.41, 5.74) is -2.61. The summed E-state index contributed by atoms with van der Waals surface area (Å²) >= 11 is 0. The molecule has 0 aromatic rings. The number of ketones is 2. The van der Waals surface area contributed by atoms with Gasteiger partial charge in [-0.3, -0.25) is 24.1 Å². The van der Waals surface area contributed by atoms with Gasteiger partial charge in [-0.05, 0) is 72.6 Å². The first kappa shape index (κ1) is 39.6. The van der Waals surface area contributed by atoms with Gasteiger partial charge >= 0.3 is 11.9 Å². The molecule has 0 radical (unpaired) electrons. The van der Waals surface area contributed by atoms with Crippen molar-refractivity contribution in [3.63, 3.8) is 0 Å². The molecule has 11 nitrogen and oxygen atoms in total. The summed E-state index contributed by atoms with van der Waals surface area (Å²) in [6.45, 7) is 15.1. The number of esters is 2. The molecule has 0 bridgehead atoms. The Morgan fingerprint density at radius 3 is 2.37 bits per heavy atom. The molecular formula is C35H55NO10. The standard InChI is InChI=1S/C35H55NO10/c1-13-15-16-36(11)26-17-22(5)43-33(30(26)44-25(8)37)46-31-23(6)29(39)24(7)32(40)45-27(14-2)34(9,41)18-20(3)28(38)21(4)19-35(31,10)42-12/h1,18,21-24,26-27,30-31,33,41H,14-17,19H2,2-12H3/b20-18+/t21-,22-,23+,24-,26+,27-,30-,31-,33+,34+,35-/m1/s1. The van der Waals surface area contributed by atoms with Crippen molar-refractivity contribution in [1.82, 2.24) is 4.90 Å². The van der Waals surface area contributed by atoms with Crippen molar-refractivity contribution in [2.75, 3.05) is 20.7 Å². The monoisotopic (exact) mass is 649 g/mol. The minimum absolute atomic E-state index is 0.125. The predicted octanol–water partition coefficient (Wildman–Crippen LogP) is 3.64. The van der Waals surface area contributed by atoms with E-state index < -0.39 is 71.3 Å². The number of rotatable bonds is 8. The summed E-state index contributed by atoms with van der Waals surface area (Å²) < 4.78 is 30.5. The highest BCUT2D eigenvalue weighted by molar-refractivity contribution is 6.00. The maximum atomic E-state index is 14.0. The number of hydrogen-bond acceptors (Lipinski definition) is 11. The molecule has 0 spiro atoms. The zero-order valence-corrected chi connectivity index (χ0v) is 29.5. The molecule has 1 saturated heterocycles. The van der Waals surface area contributed by atoms with Gasteiger partial charge < -0.3 is 28.8 Å². The molecule has 260 valence electrons. The first-order chi connectivity index (χ1) is 21.3. The van der Waals surface area contributed by atoms with Crippen LogP contribution in [0, 0.1) is 30.1 Å². The molecule has 2 aliphatic heterocycles. The van der Waals surface area contributed by atoms with Crippen molar-refractivity contribution in [2.24, 2.45) is 17.8 Å². The number of methoxy groups -OCH3 is 1. The van der Waals surface area contributed by atoms with Crippen LogP contribution in [-0.4, -0.2) is 102 Å². The third kappa shape index (κ3) is 9.48. The number of allylic oxidation sites excluding steroid dienone is 1. The average molecular weight is 650 g/mol. The second-order valence-electron chi connectivity index (χ2n) is 13.5. The zero-order valence-electron chi connectivity index (χ0n) is 29.5. The minimum atomic E-state index is -1.65. The van der Waals surface area contributed by atoms with Crippen LogP contribution in [0.5, 0.6) is 0 Å². The summed E-state index contributed by atoms with van der Waals surface area (Å²) in [4.78, 5) is 55.3. The van der Waals surface area contributed by atoms with Gasteiger partial charge in [0.1, 0.15) is 17.6 Å². The van der Waals surface area contributed by atoms with E-state index >= 15 is 0 Å². The van der Waals surface area contributed by atoms with Crippen LogP contribution in [-0.2, 0) is 42.9 Å². The first-order valence-electron chi connectivity index (χ1n) is 16.2. The van der Waals surface area contributed by atoms with Crippen LogP contribution in [0.3, 0.4) is 0 Å². The molecule has 2 heterocycles. The molecule has 2 rings (SSSR count). The number of carbonyl (C=O) groups excluding carboxylic acids is 4. The smallest absolute Gasteiger partial charge is 0.316 e. The predicted molar refractivity (Wildman–Crippen MR) is 171 cm³/mol. The fraction of sp³-hybridized carbons (Fsp3) is 0.771. The number of carbonyl (C=O) groups is 4. The highest BCUT2D eigenvalue weighted by atomic mass is 16.7. The lowest BCUT2D eigenvalue weighted by Gasteiger charge is -2.47. The highest BCUT2D eigenvalue weighted by Gasteiger charge is 2.51. The van der Waals surface area contributed by atoms with E-state index in [9.17, 15) is 24.3 Å². The number of nitrogens with zero attached hydrogens (tertiary/aromatic N) is 1. The SMILES string of the molecule is C#CCCN(C)[C@H]1C[C@@H](C)O[C@@H](O[C@@H]2[C@@H](C)C(=O)[C@@H](C)C(=O)O[C@H](CC)[C@@](C)(O)/C=C(\C)C(=O)[C@H](C)C[C@@]2(C)OC)[C@@H]1OC(C)=O. The Hall–Kier alpha value is -2.62. The van der Waals surface area contributed by atoms with E-state index in [0.717, 1.165) is 0 Å². The number of cyclic esters (lactones) is 1. The van der Waals surface area contributed by atoms with E-state index in [-0.39, 0.29) is 30.8 Å². The van der Waals surface area contributed by atoms with Crippen LogP contribution < -0.4 is 0 Å². The number of aliphatic hydroxyl groups is 1. The molecule has 2 aliphatic rings. The molecule has 0 aromatic heterocycles. The molecule has 0 aliphatic carbocycles. The van der Waals surface area contributed by atoms with Crippen LogP contribution in [0.2, 0.25) is 0 Å². The molecule has 1 N–H and O–H groups in total. The Balaban J connectivity index is 2.68. The Morgan fingerprint density at radius 1 is 1.20 bits per heavy atom. The summed E-state index contributed by atoms with van der Waals surface area (Å²) in [5, 5.41) is 11.2. The quantitative estimate of drug-likeness (QED) is 0.234. The van der Waals surface area contributed by atoms with E-state index in [2.05, 4.69) is 5.92 Å². The average Bonchev–Trinajstić information content (AvgIpc) is 2.99. The lowest BCUT2D eigenvalue weighted by molar-refractivity contribution is -0.298. The molecule has 46 heavy (non-hydrogen) atoms. The van der Waals surface area contributed by atoms with E-state index in [1.165, 1.54) is 34.0 Å². The van der Waals surface area contributed by atoms with Crippen LogP contribution in [0.25, 0.3) is 0 Å². The van der Waals surface area contributed by atoms with Gasteiger partial charge in [0.25, 0.3) is 0 Å². The zero-order chi connectivity index (χ0) is 35.1. The normalized spacial score (nSPS) is 39.5. The van der Waals surface area contributed by atoms with Gasteiger partial charge in [0, 0.05) is 38.8 Å². The molecule has 11 heteroatoms. The van der Waals surface area contributed by atoms with Gasteiger partial charge in [-0.25, -0.2) is 0 Å². The van der Waals surface area contributed by atoms with Crippen molar-refractivity contribution in [3.05, 3.63) is 11.6 Å². The van der Waals surface area contributed by atoms with E-state index in [0.29, 0.717) is 25.0 Å². The number of ether oxygens (including phenoxy) is 5. The maximum absolute atomic E-state index is 14.0. The van der Waals surface area contributed by atoms with Crippen LogP contribution in [0.1, 0.15) is 88.0 Å². The summed E-state index contributed by atoms with van der Waals surface area (Å²) in [5.74, 6) is -2.23. The van der Waals surface area contributed by atoms with Crippen molar-refractivity contribution >= 4 is 23.5 Å². The van der Waals surface area contributed by atoms with E-state index in [1.54, 1.807) is 34.6 Å². The fourth-order valence-electron chi connectivity index (χ4n) is 6.75. The number of Topliss-reactive ketones (excluding diaryl/α,β-unsaturated/α-hetero) is 2. The second-order valence-corrected chi connectivity index (χ2v) is 13.5. The largest absolute Gasteiger partial charge is 0.458 e. The van der Waals surface area contributed by atoms with Gasteiger partial charge in [-0.15, -0.1) is 12.3 Å². The molecule has 11 atom stereocenters. The number of terminal acetylenes is 1. The van der Waals surface area contributed by atoms with Crippen LogP contribution in [0.4, 0.5) is 0 Å². The highest BCUT2D eigenvalue weighted by Crippen LogP contribution is 2.38. The molecule has 0 aromatic carbocycles. The Morgan fingerprint density at radius 2 is 1.83 bits per heavy atom. The van der Waals surface area contributed by atoms with Gasteiger partial charge in [-0.1, -0.05) is 20.8 Å². The van der Waals surface area contributed by atoms with E-state index in [4.69, 9.17) is 30.1 Å². The Bertz CT molecular complexity index is 1170.